The number of hydrogen-bond donors (Lipinski definition) is 2. The van der Waals surface area contributed by atoms with Crippen molar-refractivity contribution in [3.05, 3.63) is 64.7 Å². The normalized spacial score (nSPS) is 12.0. The number of benzene rings is 2. The minimum absolute atomic E-state index is 0.0513. The Morgan fingerprint density at radius 3 is 2.29 bits per heavy atom. The molecule has 0 saturated heterocycles. The number of anilines is 1. The van der Waals surface area contributed by atoms with Crippen molar-refractivity contribution < 1.29 is 4.79 Å². The fraction of sp³-hybridized carbons (Fsp3) is 0.278. The fourth-order valence-corrected chi connectivity index (χ4v) is 2.43. The van der Waals surface area contributed by atoms with Crippen LogP contribution in [0.4, 0.5) is 5.69 Å². The number of nitrogens with one attached hydrogen (secondary N) is 1. The first-order valence-electron chi connectivity index (χ1n) is 7.19. The Morgan fingerprint density at radius 1 is 1.14 bits per heavy atom. The number of amides is 1. The molecule has 0 bridgehead atoms. The highest BCUT2D eigenvalue weighted by Gasteiger charge is 2.12. The average molecular weight is 282 g/mol. The number of hydrogen-bond acceptors (Lipinski definition) is 2. The van der Waals surface area contributed by atoms with E-state index in [4.69, 9.17) is 5.73 Å². The van der Waals surface area contributed by atoms with Gasteiger partial charge >= 0.3 is 0 Å². The highest BCUT2D eigenvalue weighted by molar-refractivity contribution is 5.95. The molecule has 0 radical (unpaired) electrons. The van der Waals surface area contributed by atoms with Crippen molar-refractivity contribution in [3.8, 4) is 0 Å². The molecule has 1 atom stereocenters. The number of carbonyl (C=O) groups excluding carboxylic acids is 1. The van der Waals surface area contributed by atoms with Gasteiger partial charge in [0.05, 0.1) is 0 Å². The predicted molar refractivity (Wildman–Crippen MR) is 87.4 cm³/mol. The molecule has 0 fully saturated rings. The number of aryl methyl sites for hydroxylation is 2. The summed E-state index contributed by atoms with van der Waals surface area (Å²) in [7, 11) is 0. The SMILES string of the molecule is Cc1cc(C(=O)NC(C)Cc2ccccc2)cc(C)c1N. The van der Waals surface area contributed by atoms with Gasteiger partial charge in [0.25, 0.3) is 5.91 Å². The Kier molecular flexibility index (Phi) is 4.63. The molecule has 2 aromatic carbocycles. The molecule has 0 spiro atoms. The molecule has 2 rings (SSSR count). The van der Waals surface area contributed by atoms with Crippen molar-refractivity contribution in [1.82, 2.24) is 5.32 Å². The van der Waals surface area contributed by atoms with E-state index in [1.54, 1.807) is 0 Å². The van der Waals surface area contributed by atoms with Crippen LogP contribution in [0.2, 0.25) is 0 Å². The zero-order chi connectivity index (χ0) is 15.4. The molecule has 0 aromatic heterocycles. The molecule has 0 saturated carbocycles. The summed E-state index contributed by atoms with van der Waals surface area (Å²) < 4.78 is 0. The van der Waals surface area contributed by atoms with E-state index >= 15 is 0 Å². The van der Waals surface area contributed by atoms with Crippen LogP contribution in [0.15, 0.2) is 42.5 Å². The zero-order valence-electron chi connectivity index (χ0n) is 12.8. The third kappa shape index (κ3) is 3.85. The van der Waals surface area contributed by atoms with Crippen molar-refractivity contribution >= 4 is 11.6 Å². The standard InChI is InChI=1S/C18H22N2O/c1-12-9-16(10-13(2)17(12)19)18(21)20-14(3)11-15-7-5-4-6-8-15/h4-10,14H,11,19H2,1-3H3,(H,20,21). The molecular formula is C18H22N2O. The molecule has 3 N–H and O–H groups in total. The lowest BCUT2D eigenvalue weighted by molar-refractivity contribution is 0.0940. The Bertz CT molecular complexity index is 612. The molecule has 0 aliphatic rings. The Balaban J connectivity index is 2.04. The van der Waals surface area contributed by atoms with Gasteiger partial charge in [-0.05, 0) is 56.0 Å². The monoisotopic (exact) mass is 282 g/mol. The van der Waals surface area contributed by atoms with Crippen molar-refractivity contribution in [3.63, 3.8) is 0 Å². The molecule has 0 aliphatic heterocycles. The lowest BCUT2D eigenvalue weighted by Crippen LogP contribution is -2.34. The largest absolute Gasteiger partial charge is 0.398 e. The summed E-state index contributed by atoms with van der Waals surface area (Å²) in [5.74, 6) is -0.0513. The van der Waals surface area contributed by atoms with Crippen molar-refractivity contribution in [2.75, 3.05) is 5.73 Å². The van der Waals surface area contributed by atoms with Crippen molar-refractivity contribution in [2.45, 2.75) is 33.2 Å². The first-order valence-corrected chi connectivity index (χ1v) is 7.19. The van der Waals surface area contributed by atoms with Gasteiger partial charge in [-0.1, -0.05) is 30.3 Å². The van der Waals surface area contributed by atoms with E-state index < -0.39 is 0 Å². The van der Waals surface area contributed by atoms with Gasteiger partial charge in [-0.15, -0.1) is 0 Å². The van der Waals surface area contributed by atoms with E-state index in [0.29, 0.717) is 5.56 Å². The first kappa shape index (κ1) is 15.1. The third-order valence-electron chi connectivity index (χ3n) is 3.62. The Morgan fingerprint density at radius 2 is 1.71 bits per heavy atom. The predicted octanol–water partition coefficient (Wildman–Crippen LogP) is 3.25. The summed E-state index contributed by atoms with van der Waals surface area (Å²) in [6, 6.07) is 13.9. The van der Waals surface area contributed by atoms with Crippen LogP contribution in [0.5, 0.6) is 0 Å². The second-order valence-corrected chi connectivity index (χ2v) is 5.59. The van der Waals surface area contributed by atoms with Crippen molar-refractivity contribution in [1.29, 1.82) is 0 Å². The van der Waals surface area contributed by atoms with Crippen molar-refractivity contribution in [2.24, 2.45) is 0 Å². The molecule has 0 aliphatic carbocycles. The molecule has 2 aromatic rings. The molecule has 1 unspecified atom stereocenters. The van der Waals surface area contributed by atoms with E-state index in [2.05, 4.69) is 17.4 Å². The highest BCUT2D eigenvalue weighted by Crippen LogP contribution is 2.18. The first-order chi connectivity index (χ1) is 9.97. The van der Waals surface area contributed by atoms with E-state index in [0.717, 1.165) is 23.2 Å². The van der Waals surface area contributed by atoms with Gasteiger partial charge in [-0.25, -0.2) is 0 Å². The molecular weight excluding hydrogens is 260 g/mol. The quantitative estimate of drug-likeness (QED) is 0.846. The average Bonchev–Trinajstić information content (AvgIpc) is 2.45. The van der Waals surface area contributed by atoms with Crippen LogP contribution in [0, 0.1) is 13.8 Å². The Hall–Kier alpha value is -2.29. The molecule has 1 amide bonds. The summed E-state index contributed by atoms with van der Waals surface area (Å²) >= 11 is 0. The van der Waals surface area contributed by atoms with Gasteiger partial charge in [0.2, 0.25) is 0 Å². The Labute approximate surface area is 126 Å². The third-order valence-corrected chi connectivity index (χ3v) is 3.62. The summed E-state index contributed by atoms with van der Waals surface area (Å²) in [4.78, 5) is 12.3. The van der Waals surface area contributed by atoms with Gasteiger partial charge in [-0.3, -0.25) is 4.79 Å². The molecule has 3 heteroatoms. The van der Waals surface area contributed by atoms with E-state index in [-0.39, 0.29) is 11.9 Å². The van der Waals surface area contributed by atoms with Crippen LogP contribution >= 0.6 is 0 Å². The fourth-order valence-electron chi connectivity index (χ4n) is 2.43. The van der Waals surface area contributed by atoms with Crippen LogP contribution in [-0.4, -0.2) is 11.9 Å². The molecule has 110 valence electrons. The summed E-state index contributed by atoms with van der Waals surface area (Å²) in [5, 5.41) is 3.04. The maximum atomic E-state index is 12.3. The van der Waals surface area contributed by atoms with Gasteiger partial charge in [0.15, 0.2) is 0 Å². The lowest BCUT2D eigenvalue weighted by atomic mass is 10.0. The topological polar surface area (TPSA) is 55.1 Å². The summed E-state index contributed by atoms with van der Waals surface area (Å²) in [5.41, 5.74) is 10.4. The zero-order valence-corrected chi connectivity index (χ0v) is 12.8. The number of nitrogens with two attached hydrogens (primary N) is 1. The van der Waals surface area contributed by atoms with E-state index in [1.807, 2.05) is 51.1 Å². The van der Waals surface area contributed by atoms with Gasteiger partial charge < -0.3 is 11.1 Å². The maximum Gasteiger partial charge on any atom is 0.251 e. The second kappa shape index (κ2) is 6.44. The second-order valence-electron chi connectivity index (χ2n) is 5.59. The number of nitrogen functional groups attached to an aromatic ring is 1. The van der Waals surface area contributed by atoms with Gasteiger partial charge in [0.1, 0.15) is 0 Å². The lowest BCUT2D eigenvalue weighted by Gasteiger charge is -2.15. The molecule has 3 nitrogen and oxygen atoms in total. The van der Waals surface area contributed by atoms with Gasteiger partial charge in [-0.2, -0.15) is 0 Å². The van der Waals surface area contributed by atoms with E-state index in [1.165, 1.54) is 5.56 Å². The minimum Gasteiger partial charge on any atom is -0.398 e. The number of rotatable bonds is 4. The van der Waals surface area contributed by atoms with Crippen LogP contribution < -0.4 is 11.1 Å². The summed E-state index contributed by atoms with van der Waals surface area (Å²) in [6.07, 6.45) is 0.819. The van der Waals surface area contributed by atoms with Crippen LogP contribution in [0.1, 0.15) is 34.0 Å². The van der Waals surface area contributed by atoms with Gasteiger partial charge in [0, 0.05) is 17.3 Å². The summed E-state index contributed by atoms with van der Waals surface area (Å²) in [6.45, 7) is 5.86. The van der Waals surface area contributed by atoms with E-state index in [9.17, 15) is 4.79 Å². The number of carbonyl (C=O) groups is 1. The highest BCUT2D eigenvalue weighted by atomic mass is 16.1. The van der Waals surface area contributed by atoms with Crippen LogP contribution in [-0.2, 0) is 6.42 Å². The van der Waals surface area contributed by atoms with Crippen LogP contribution in [0.3, 0.4) is 0 Å². The smallest absolute Gasteiger partial charge is 0.251 e. The van der Waals surface area contributed by atoms with Crippen LogP contribution in [0.25, 0.3) is 0 Å². The minimum atomic E-state index is -0.0513. The maximum absolute atomic E-state index is 12.3. The molecule has 0 heterocycles. The molecule has 21 heavy (non-hydrogen) atoms.